The molecule has 3 rings (SSSR count). The molecule has 1 saturated heterocycles. The second kappa shape index (κ2) is 12.6. The van der Waals surface area contributed by atoms with Crippen LogP contribution in [0.1, 0.15) is 116 Å². The van der Waals surface area contributed by atoms with Crippen LogP contribution >= 0.6 is 0 Å². The maximum Gasteiger partial charge on any atom is 0.159 e. The predicted octanol–water partition coefficient (Wildman–Crippen LogP) is 6.20. The van der Waals surface area contributed by atoms with E-state index in [1.807, 2.05) is 0 Å². The minimum Gasteiger partial charge on any atom is -0.360 e. The quantitative estimate of drug-likeness (QED) is 0.533. The molecule has 4 heteroatoms. The Morgan fingerprint density at radius 3 is 1.58 bits per heavy atom. The van der Waals surface area contributed by atoms with E-state index >= 15 is 0 Å². The molecule has 1 heterocycles. The lowest BCUT2D eigenvalue weighted by atomic mass is 9.37. The van der Waals surface area contributed by atoms with Crippen LogP contribution in [0.25, 0.3) is 0 Å². The normalized spacial score (nSPS) is 28.8. The molecule has 0 aromatic carbocycles. The first-order valence-corrected chi connectivity index (χ1v) is 12.2. The molecular weight excluding hydrogens is 311 g/mol. The minimum absolute atomic E-state index is 0.730. The van der Waals surface area contributed by atoms with Gasteiger partial charge in [0.1, 0.15) is 7.28 Å². The zero-order valence-corrected chi connectivity index (χ0v) is 17.3. The van der Waals surface area contributed by atoms with Gasteiger partial charge in [-0.1, -0.05) is 114 Å². The van der Waals surface area contributed by atoms with Gasteiger partial charge in [-0.15, -0.1) is 0 Å². The van der Waals surface area contributed by atoms with Crippen molar-refractivity contribution >= 4 is 21.8 Å². The largest absolute Gasteiger partial charge is 0.360 e. The van der Waals surface area contributed by atoms with Gasteiger partial charge in [-0.3, -0.25) is 0 Å². The Balaban J connectivity index is 1.41. The molecule has 1 aliphatic heterocycles. The van der Waals surface area contributed by atoms with Crippen LogP contribution in [0.15, 0.2) is 0 Å². The smallest absolute Gasteiger partial charge is 0.159 e. The molecule has 0 aromatic heterocycles. The second-order valence-corrected chi connectivity index (χ2v) is 9.40. The highest BCUT2D eigenvalue weighted by atomic mass is 15.1. The van der Waals surface area contributed by atoms with Crippen molar-refractivity contribution in [1.29, 1.82) is 0 Å². The molecule has 0 spiro atoms. The Labute approximate surface area is 166 Å². The number of nitrogens with zero attached hydrogens (tertiary/aromatic N) is 1. The van der Waals surface area contributed by atoms with Crippen molar-refractivity contribution < 1.29 is 0 Å². The van der Waals surface area contributed by atoms with Crippen molar-refractivity contribution in [3.63, 3.8) is 0 Å². The molecule has 0 amide bonds. The van der Waals surface area contributed by atoms with Gasteiger partial charge in [0.05, 0.1) is 7.17 Å². The zero-order valence-electron chi connectivity index (χ0n) is 17.3. The first kappa shape index (κ1) is 20.9. The van der Waals surface area contributed by atoms with Gasteiger partial charge in [0.25, 0.3) is 0 Å². The van der Waals surface area contributed by atoms with Gasteiger partial charge >= 0.3 is 0 Å². The Morgan fingerprint density at radius 2 is 1.00 bits per heavy atom. The van der Waals surface area contributed by atoms with Crippen LogP contribution in [0.2, 0.25) is 11.6 Å². The standard InChI is InChI=1S/C22H41B3N/c1-2-6-10-15-20(14-9-5-1)23-22-18-13-19-26(22)25-24-21-16-11-7-3-4-8-12-17-21/h20-22H,1-19H2. The van der Waals surface area contributed by atoms with E-state index in [1.165, 1.54) is 122 Å². The third-order valence-corrected chi connectivity index (χ3v) is 7.19. The first-order chi connectivity index (χ1) is 12.9. The van der Waals surface area contributed by atoms with Crippen molar-refractivity contribution in [2.75, 3.05) is 6.54 Å². The zero-order chi connectivity index (χ0) is 17.9. The van der Waals surface area contributed by atoms with Crippen molar-refractivity contribution in [3.8, 4) is 0 Å². The summed E-state index contributed by atoms with van der Waals surface area (Å²) in [6.45, 7) is 1.29. The molecule has 3 aliphatic rings. The van der Waals surface area contributed by atoms with E-state index in [2.05, 4.69) is 26.6 Å². The lowest BCUT2D eigenvalue weighted by molar-refractivity contribution is 0.500. The van der Waals surface area contributed by atoms with Gasteiger partial charge in [0, 0.05) is 0 Å². The van der Waals surface area contributed by atoms with Crippen LogP contribution in [-0.4, -0.2) is 39.1 Å². The maximum atomic E-state index is 2.77. The van der Waals surface area contributed by atoms with Crippen molar-refractivity contribution in [2.45, 2.75) is 133 Å². The number of hydrogen-bond donors (Lipinski definition) is 0. The average Bonchev–Trinajstić information content (AvgIpc) is 3.16. The molecule has 3 fully saturated rings. The molecule has 0 aromatic rings. The highest BCUT2D eigenvalue weighted by Crippen LogP contribution is 2.30. The van der Waals surface area contributed by atoms with Crippen molar-refractivity contribution in [2.24, 2.45) is 0 Å². The highest BCUT2D eigenvalue weighted by molar-refractivity contribution is 7.00. The summed E-state index contributed by atoms with van der Waals surface area (Å²) in [6, 6.07) is 0. The van der Waals surface area contributed by atoms with Gasteiger partial charge in [-0.2, -0.15) is 0 Å². The summed E-state index contributed by atoms with van der Waals surface area (Å²) < 4.78 is 0. The van der Waals surface area contributed by atoms with Crippen LogP contribution in [0, 0.1) is 0 Å². The van der Waals surface area contributed by atoms with E-state index < -0.39 is 0 Å². The highest BCUT2D eigenvalue weighted by Gasteiger charge is 2.28. The summed E-state index contributed by atoms with van der Waals surface area (Å²) in [5, 5.41) is 0. The maximum absolute atomic E-state index is 2.77. The topological polar surface area (TPSA) is 3.24 Å². The lowest BCUT2D eigenvalue weighted by Crippen LogP contribution is -2.41. The van der Waals surface area contributed by atoms with Crippen molar-refractivity contribution in [1.82, 2.24) is 4.81 Å². The fourth-order valence-corrected chi connectivity index (χ4v) is 5.47. The molecule has 1 atom stereocenters. The second-order valence-electron chi connectivity index (χ2n) is 9.40. The number of rotatable bonds is 5. The van der Waals surface area contributed by atoms with Gasteiger partial charge in [0.2, 0.25) is 0 Å². The minimum atomic E-state index is 0.730. The monoisotopic (exact) mass is 352 g/mol. The Morgan fingerprint density at radius 1 is 0.500 bits per heavy atom. The van der Waals surface area contributed by atoms with E-state index in [9.17, 15) is 0 Å². The molecule has 0 bridgehead atoms. The van der Waals surface area contributed by atoms with Gasteiger partial charge < -0.3 is 4.81 Å². The third kappa shape index (κ3) is 7.65. The van der Waals surface area contributed by atoms with Gasteiger partial charge in [-0.25, -0.2) is 0 Å². The van der Waals surface area contributed by atoms with Crippen molar-refractivity contribution in [3.05, 3.63) is 0 Å². The molecule has 143 valence electrons. The van der Waals surface area contributed by atoms with Crippen LogP contribution in [0.3, 0.4) is 0 Å². The fraction of sp³-hybridized carbons (Fsp3) is 1.00. The summed E-state index contributed by atoms with van der Waals surface area (Å²) in [4.78, 5) is 2.69. The molecule has 26 heavy (non-hydrogen) atoms. The third-order valence-electron chi connectivity index (χ3n) is 7.19. The Hall–Kier alpha value is 0.155. The van der Waals surface area contributed by atoms with Gasteiger partial charge in [-0.05, 0) is 25.3 Å². The molecule has 1 unspecified atom stereocenters. The number of hydrogen-bond acceptors (Lipinski definition) is 1. The van der Waals surface area contributed by atoms with Crippen LogP contribution < -0.4 is 0 Å². The fourth-order valence-electron chi connectivity index (χ4n) is 5.47. The molecule has 1 nitrogen and oxygen atoms in total. The van der Waals surface area contributed by atoms with E-state index in [1.54, 1.807) is 0 Å². The Kier molecular flexibility index (Phi) is 10.1. The molecule has 3 radical (unpaired) electrons. The van der Waals surface area contributed by atoms with E-state index in [0.717, 1.165) is 17.6 Å². The van der Waals surface area contributed by atoms with Crippen LogP contribution in [0.4, 0.5) is 0 Å². The van der Waals surface area contributed by atoms with E-state index in [-0.39, 0.29) is 0 Å². The molecule has 0 N–H and O–H groups in total. The van der Waals surface area contributed by atoms with Gasteiger partial charge in [0.15, 0.2) is 7.31 Å². The van der Waals surface area contributed by atoms with Crippen LogP contribution in [-0.2, 0) is 0 Å². The first-order valence-electron chi connectivity index (χ1n) is 12.2. The van der Waals surface area contributed by atoms with Crippen LogP contribution in [0.5, 0.6) is 0 Å². The molecule has 2 aliphatic carbocycles. The predicted molar refractivity (Wildman–Crippen MR) is 118 cm³/mol. The summed E-state index contributed by atoms with van der Waals surface area (Å²) in [6.07, 6.45) is 26.2. The lowest BCUT2D eigenvalue weighted by Gasteiger charge is -2.29. The summed E-state index contributed by atoms with van der Waals surface area (Å²) >= 11 is 0. The van der Waals surface area contributed by atoms with E-state index in [4.69, 9.17) is 0 Å². The summed E-state index contributed by atoms with van der Waals surface area (Å²) in [5.74, 6) is 2.46. The molecular formula is C22H41B3N. The molecule has 2 saturated carbocycles. The summed E-state index contributed by atoms with van der Waals surface area (Å²) in [7, 11) is 7.89. The SMILES string of the molecule is [B]([B]N1CCCC1[B]C1CCCCCCCC1)C1CCCCCCCC1. The summed E-state index contributed by atoms with van der Waals surface area (Å²) in [5.41, 5.74) is 0. The Bertz CT molecular complexity index is 345. The average molecular weight is 352 g/mol. The van der Waals surface area contributed by atoms with E-state index in [0.29, 0.717) is 0 Å².